The number of halogens is 3. The van der Waals surface area contributed by atoms with Crippen molar-refractivity contribution in [3.63, 3.8) is 0 Å². The molecule has 1 atom stereocenters. The molecule has 0 saturated heterocycles. The number of aromatic amines is 1. The minimum Gasteiger partial charge on any atom is -0.330 e. The van der Waals surface area contributed by atoms with E-state index in [-0.39, 0.29) is 29.4 Å². The van der Waals surface area contributed by atoms with Crippen molar-refractivity contribution >= 4 is 34.0 Å². The zero-order chi connectivity index (χ0) is 16.6. The lowest BCUT2D eigenvalue weighted by atomic mass is 10.1. The molecule has 128 valence electrons. The lowest BCUT2D eigenvalue weighted by molar-refractivity contribution is 0.562. The third kappa shape index (κ3) is 3.61. The number of nitrogens with zero attached hydrogens (tertiary/aromatic N) is 2. The molecule has 3 rings (SSSR count). The normalized spacial score (nSPS) is 12.2. The van der Waals surface area contributed by atoms with Gasteiger partial charge in [-0.2, -0.15) is 4.39 Å². The van der Waals surface area contributed by atoms with Crippen LogP contribution in [0, 0.1) is 17.7 Å². The molecule has 0 saturated carbocycles. The van der Waals surface area contributed by atoms with Crippen LogP contribution in [0.2, 0.25) is 0 Å². The van der Waals surface area contributed by atoms with Crippen LogP contribution < -0.4 is 11.3 Å². The summed E-state index contributed by atoms with van der Waals surface area (Å²) in [6, 6.07) is 2.59. The highest BCUT2D eigenvalue weighted by molar-refractivity contribution is 7.22. The number of hydrogen-bond donors (Lipinski definition) is 2. The van der Waals surface area contributed by atoms with Crippen molar-refractivity contribution in [2.45, 2.75) is 13.3 Å². The van der Waals surface area contributed by atoms with Crippen molar-refractivity contribution in [1.29, 1.82) is 0 Å². The Kier molecular flexibility index (Phi) is 5.63. The van der Waals surface area contributed by atoms with Crippen LogP contribution in [-0.2, 0) is 6.42 Å². The van der Waals surface area contributed by atoms with Crippen molar-refractivity contribution < 1.29 is 8.78 Å². The molecular formula is C15H15ClF2N4OS. The first-order valence-corrected chi connectivity index (χ1v) is 7.83. The SMILES string of the molecule is C[C@@H](CN)Cc1nc2cc(-c3cc(F)ncc3F)sc2c(=O)[nH]1.Cl. The smallest absolute Gasteiger partial charge is 0.268 e. The predicted octanol–water partition coefficient (Wildman–Crippen LogP) is 2.88. The van der Waals surface area contributed by atoms with Crippen LogP contribution in [0.5, 0.6) is 0 Å². The molecule has 3 aromatic rings. The molecule has 0 unspecified atom stereocenters. The van der Waals surface area contributed by atoms with E-state index in [4.69, 9.17) is 5.73 Å². The summed E-state index contributed by atoms with van der Waals surface area (Å²) in [6.07, 6.45) is 1.37. The third-order valence-electron chi connectivity index (χ3n) is 3.46. The van der Waals surface area contributed by atoms with Crippen LogP contribution in [0.1, 0.15) is 12.7 Å². The fourth-order valence-corrected chi connectivity index (χ4v) is 3.24. The van der Waals surface area contributed by atoms with Crippen LogP contribution in [0.3, 0.4) is 0 Å². The van der Waals surface area contributed by atoms with E-state index in [2.05, 4.69) is 15.0 Å². The molecule has 3 N–H and O–H groups in total. The van der Waals surface area contributed by atoms with Crippen LogP contribution in [0.15, 0.2) is 23.1 Å². The number of hydrogen-bond acceptors (Lipinski definition) is 5. The van der Waals surface area contributed by atoms with Gasteiger partial charge in [0.2, 0.25) is 5.95 Å². The Morgan fingerprint density at radius 1 is 1.38 bits per heavy atom. The van der Waals surface area contributed by atoms with E-state index in [1.165, 1.54) is 0 Å². The van der Waals surface area contributed by atoms with Crippen molar-refractivity contribution in [3.05, 3.63) is 46.3 Å². The summed E-state index contributed by atoms with van der Waals surface area (Å²) in [4.78, 5) is 23.0. The van der Waals surface area contributed by atoms with Gasteiger partial charge in [0.05, 0.1) is 11.7 Å². The topological polar surface area (TPSA) is 84.7 Å². The van der Waals surface area contributed by atoms with E-state index < -0.39 is 11.8 Å². The Morgan fingerprint density at radius 2 is 2.12 bits per heavy atom. The van der Waals surface area contributed by atoms with Crippen molar-refractivity contribution in [2.24, 2.45) is 11.7 Å². The molecule has 0 radical (unpaired) electrons. The number of aromatic nitrogens is 3. The van der Waals surface area contributed by atoms with Gasteiger partial charge >= 0.3 is 0 Å². The van der Waals surface area contributed by atoms with Crippen LogP contribution in [0.4, 0.5) is 8.78 Å². The monoisotopic (exact) mass is 372 g/mol. The minimum absolute atomic E-state index is 0. The van der Waals surface area contributed by atoms with E-state index >= 15 is 0 Å². The Balaban J connectivity index is 0.00000208. The number of fused-ring (bicyclic) bond motifs is 1. The zero-order valence-corrected chi connectivity index (χ0v) is 14.3. The van der Waals surface area contributed by atoms with Gasteiger partial charge in [-0.05, 0) is 18.5 Å². The van der Waals surface area contributed by atoms with Crippen LogP contribution in [-0.4, -0.2) is 21.5 Å². The van der Waals surface area contributed by atoms with Gasteiger partial charge in [0.15, 0.2) is 0 Å². The lowest BCUT2D eigenvalue weighted by Gasteiger charge is -2.06. The molecule has 0 aliphatic carbocycles. The van der Waals surface area contributed by atoms with Gasteiger partial charge in [0.25, 0.3) is 5.56 Å². The molecular weight excluding hydrogens is 358 g/mol. The summed E-state index contributed by atoms with van der Waals surface area (Å²) < 4.78 is 27.5. The maximum Gasteiger partial charge on any atom is 0.268 e. The summed E-state index contributed by atoms with van der Waals surface area (Å²) in [6.45, 7) is 2.44. The molecule has 0 aromatic carbocycles. The first kappa shape index (κ1) is 18.4. The van der Waals surface area contributed by atoms with Crippen molar-refractivity contribution in [1.82, 2.24) is 15.0 Å². The number of pyridine rings is 1. The van der Waals surface area contributed by atoms with Gasteiger partial charge in [-0.15, -0.1) is 23.7 Å². The molecule has 0 spiro atoms. The number of rotatable bonds is 4. The Hall–Kier alpha value is -1.90. The largest absolute Gasteiger partial charge is 0.330 e. The fourth-order valence-electron chi connectivity index (χ4n) is 2.23. The predicted molar refractivity (Wildman–Crippen MR) is 92.6 cm³/mol. The fraction of sp³-hybridized carbons (Fsp3) is 0.267. The molecule has 24 heavy (non-hydrogen) atoms. The van der Waals surface area contributed by atoms with E-state index in [0.717, 1.165) is 23.6 Å². The van der Waals surface area contributed by atoms with E-state index in [1.54, 1.807) is 6.07 Å². The second kappa shape index (κ2) is 7.33. The molecule has 0 bridgehead atoms. The van der Waals surface area contributed by atoms with Crippen molar-refractivity contribution in [2.75, 3.05) is 6.54 Å². The summed E-state index contributed by atoms with van der Waals surface area (Å²) >= 11 is 1.07. The average molecular weight is 373 g/mol. The second-order valence-corrected chi connectivity index (χ2v) is 6.42. The highest BCUT2D eigenvalue weighted by Gasteiger charge is 2.15. The molecule has 0 aliphatic rings. The first-order chi connectivity index (χ1) is 11.0. The Bertz CT molecular complexity index is 927. The third-order valence-corrected chi connectivity index (χ3v) is 4.62. The quantitative estimate of drug-likeness (QED) is 0.690. The summed E-state index contributed by atoms with van der Waals surface area (Å²) in [5, 5.41) is 0. The molecule has 9 heteroatoms. The summed E-state index contributed by atoms with van der Waals surface area (Å²) in [7, 11) is 0. The maximum atomic E-state index is 13.8. The van der Waals surface area contributed by atoms with Gasteiger partial charge in [-0.1, -0.05) is 6.92 Å². The zero-order valence-electron chi connectivity index (χ0n) is 12.7. The van der Waals surface area contributed by atoms with Crippen molar-refractivity contribution in [3.8, 4) is 10.4 Å². The molecule has 3 heterocycles. The number of nitrogens with one attached hydrogen (secondary N) is 1. The summed E-state index contributed by atoms with van der Waals surface area (Å²) in [5.74, 6) is -0.712. The van der Waals surface area contributed by atoms with Crippen LogP contribution >= 0.6 is 23.7 Å². The maximum absolute atomic E-state index is 13.8. The van der Waals surface area contributed by atoms with Crippen LogP contribution in [0.25, 0.3) is 20.7 Å². The highest BCUT2D eigenvalue weighted by Crippen LogP contribution is 2.32. The molecule has 0 fully saturated rings. The van der Waals surface area contributed by atoms with E-state index in [9.17, 15) is 13.6 Å². The molecule has 0 aliphatic heterocycles. The van der Waals surface area contributed by atoms with Gasteiger partial charge in [-0.3, -0.25) is 4.79 Å². The Morgan fingerprint density at radius 3 is 2.83 bits per heavy atom. The average Bonchev–Trinajstić information content (AvgIpc) is 2.94. The van der Waals surface area contributed by atoms with E-state index in [1.807, 2.05) is 6.92 Å². The van der Waals surface area contributed by atoms with Gasteiger partial charge < -0.3 is 10.7 Å². The highest BCUT2D eigenvalue weighted by atomic mass is 35.5. The van der Waals surface area contributed by atoms with Gasteiger partial charge in [0.1, 0.15) is 16.3 Å². The lowest BCUT2D eigenvalue weighted by Crippen LogP contribution is -2.17. The van der Waals surface area contributed by atoms with Gasteiger partial charge in [0, 0.05) is 22.9 Å². The molecule has 0 amide bonds. The van der Waals surface area contributed by atoms with E-state index in [0.29, 0.717) is 33.9 Å². The number of H-pyrrole nitrogens is 1. The molecule has 5 nitrogen and oxygen atoms in total. The first-order valence-electron chi connectivity index (χ1n) is 7.02. The van der Waals surface area contributed by atoms with Gasteiger partial charge in [-0.25, -0.2) is 14.4 Å². The second-order valence-electron chi connectivity index (χ2n) is 5.37. The minimum atomic E-state index is -0.779. The standard InChI is InChI=1S/C15H14F2N4OS.ClH/c1-7(5-18)2-13-20-10-4-11(23-14(10)15(22)21-13)8-3-12(17)19-6-9(8)16;/h3-4,6-7H,2,5,18H2,1H3,(H,20,21,22);1H/t7-;/m1./s1. The molecule has 3 aromatic heterocycles. The number of thiophene rings is 1. The summed E-state index contributed by atoms with van der Waals surface area (Å²) in [5.41, 5.74) is 5.82. The Labute approximate surface area is 146 Å². The number of nitrogens with two attached hydrogens (primary N) is 1.